The zero-order valence-electron chi connectivity index (χ0n) is 10.8. The van der Waals surface area contributed by atoms with Gasteiger partial charge in [0.05, 0.1) is 17.6 Å². The highest BCUT2D eigenvalue weighted by Gasteiger charge is 2.27. The Labute approximate surface area is 113 Å². The number of hydrogen-bond donors (Lipinski definition) is 2. The van der Waals surface area contributed by atoms with E-state index in [4.69, 9.17) is 10.7 Å². The van der Waals surface area contributed by atoms with E-state index in [0.717, 1.165) is 29.3 Å². The molecule has 19 heavy (non-hydrogen) atoms. The molecule has 3 rings (SSSR count). The summed E-state index contributed by atoms with van der Waals surface area (Å²) in [4.78, 5) is 9.21. The Bertz CT molecular complexity index is 549. The number of hydrogen-bond acceptors (Lipinski definition) is 4. The van der Waals surface area contributed by atoms with Crippen LogP contribution >= 0.6 is 0 Å². The Morgan fingerprint density at radius 2 is 2.00 bits per heavy atom. The molecule has 0 unspecified atom stereocenters. The maximum atomic E-state index is 5.55. The molecule has 1 aliphatic rings. The minimum atomic E-state index is 0.561. The lowest BCUT2D eigenvalue weighted by atomic mass is 10.1. The maximum Gasteiger partial charge on any atom is 0.132 e. The van der Waals surface area contributed by atoms with Crippen molar-refractivity contribution < 1.29 is 0 Å². The van der Waals surface area contributed by atoms with Crippen LogP contribution in [0.4, 0.5) is 5.69 Å². The Kier molecular flexibility index (Phi) is 3.42. The van der Waals surface area contributed by atoms with Crippen molar-refractivity contribution in [3.63, 3.8) is 0 Å². The van der Waals surface area contributed by atoms with E-state index in [-0.39, 0.29) is 0 Å². The van der Waals surface area contributed by atoms with E-state index in [0.29, 0.717) is 12.5 Å². The van der Waals surface area contributed by atoms with Gasteiger partial charge in [-0.3, -0.25) is 0 Å². The summed E-state index contributed by atoms with van der Waals surface area (Å²) in [6.07, 6.45) is 4.31. The summed E-state index contributed by atoms with van der Waals surface area (Å²) in [5, 5.41) is 3.30. The highest BCUT2D eigenvalue weighted by atomic mass is 15.0. The molecule has 1 aromatic heterocycles. The highest BCUT2D eigenvalue weighted by Crippen LogP contribution is 2.39. The molecule has 1 aliphatic carbocycles. The van der Waals surface area contributed by atoms with Crippen molar-refractivity contribution in [2.24, 2.45) is 5.73 Å². The summed E-state index contributed by atoms with van der Waals surface area (Å²) >= 11 is 0. The van der Waals surface area contributed by atoms with Gasteiger partial charge in [-0.2, -0.15) is 0 Å². The van der Waals surface area contributed by atoms with Gasteiger partial charge in [0.2, 0.25) is 0 Å². The minimum absolute atomic E-state index is 0.561. The number of rotatable bonds is 5. The fraction of sp³-hybridized carbons (Fsp3) is 0.333. The molecule has 3 N–H and O–H groups in total. The second-order valence-electron chi connectivity index (χ2n) is 4.85. The van der Waals surface area contributed by atoms with Gasteiger partial charge in [0.25, 0.3) is 0 Å². The van der Waals surface area contributed by atoms with Crippen LogP contribution in [-0.2, 0) is 0 Å². The third-order valence-electron chi connectivity index (χ3n) is 3.26. The Balaban J connectivity index is 1.99. The van der Waals surface area contributed by atoms with Crippen molar-refractivity contribution in [1.29, 1.82) is 0 Å². The zero-order valence-corrected chi connectivity index (χ0v) is 10.8. The predicted molar refractivity (Wildman–Crippen MR) is 77.0 cm³/mol. The Morgan fingerprint density at radius 1 is 1.21 bits per heavy atom. The van der Waals surface area contributed by atoms with Crippen LogP contribution < -0.4 is 11.1 Å². The lowest BCUT2D eigenvalue weighted by Crippen LogP contribution is -2.14. The fourth-order valence-corrected chi connectivity index (χ4v) is 2.09. The molecule has 0 spiro atoms. The third-order valence-corrected chi connectivity index (χ3v) is 3.26. The highest BCUT2D eigenvalue weighted by molar-refractivity contribution is 5.73. The van der Waals surface area contributed by atoms with Gasteiger partial charge in [-0.05, 0) is 12.8 Å². The number of nitrogens with zero attached hydrogens (tertiary/aromatic N) is 2. The quantitative estimate of drug-likeness (QED) is 0.860. The van der Waals surface area contributed by atoms with Crippen LogP contribution in [0.3, 0.4) is 0 Å². The molecule has 4 nitrogen and oxygen atoms in total. The molecule has 98 valence electrons. The molecule has 4 heteroatoms. The fourth-order valence-electron chi connectivity index (χ4n) is 2.09. The molecule has 1 fully saturated rings. The van der Waals surface area contributed by atoms with Crippen LogP contribution in [0.15, 0.2) is 36.5 Å². The second kappa shape index (κ2) is 5.36. The Morgan fingerprint density at radius 3 is 2.68 bits per heavy atom. The predicted octanol–water partition coefficient (Wildman–Crippen LogP) is 2.39. The number of nitrogens with one attached hydrogen (secondary N) is 1. The molecule has 0 aliphatic heterocycles. The molecule has 2 aromatic rings. The molecule has 1 heterocycles. The number of benzene rings is 1. The molecule has 0 amide bonds. The van der Waals surface area contributed by atoms with Crippen molar-refractivity contribution in [3.05, 3.63) is 42.4 Å². The standard InChI is InChI=1S/C15H18N4/c16-8-9-17-13-10-18-15(12-6-7-12)19-14(13)11-4-2-1-3-5-11/h1-5,10,12,17H,6-9,16H2. The first kappa shape index (κ1) is 12.1. The van der Waals surface area contributed by atoms with Gasteiger partial charge in [0, 0.05) is 24.6 Å². The maximum absolute atomic E-state index is 5.55. The average Bonchev–Trinajstić information content (AvgIpc) is 3.30. The first-order valence-corrected chi connectivity index (χ1v) is 6.75. The van der Waals surface area contributed by atoms with Crippen LogP contribution in [-0.4, -0.2) is 23.1 Å². The molecule has 1 saturated carbocycles. The average molecular weight is 254 g/mol. The van der Waals surface area contributed by atoms with Crippen LogP contribution in [0, 0.1) is 0 Å². The van der Waals surface area contributed by atoms with Crippen molar-refractivity contribution in [3.8, 4) is 11.3 Å². The van der Waals surface area contributed by atoms with Crippen LogP contribution in [0.2, 0.25) is 0 Å². The first-order valence-electron chi connectivity index (χ1n) is 6.75. The van der Waals surface area contributed by atoms with Crippen molar-refractivity contribution in [1.82, 2.24) is 9.97 Å². The topological polar surface area (TPSA) is 63.8 Å². The summed E-state index contributed by atoms with van der Waals surface area (Å²) in [5.74, 6) is 1.53. The first-order chi connectivity index (χ1) is 9.38. The second-order valence-corrected chi connectivity index (χ2v) is 4.85. The minimum Gasteiger partial charge on any atom is -0.381 e. The van der Waals surface area contributed by atoms with Crippen LogP contribution in [0.1, 0.15) is 24.6 Å². The lowest BCUT2D eigenvalue weighted by Gasteiger charge is -2.11. The van der Waals surface area contributed by atoms with E-state index in [9.17, 15) is 0 Å². The van der Waals surface area contributed by atoms with Crippen molar-refractivity contribution >= 4 is 5.69 Å². The van der Waals surface area contributed by atoms with Crippen molar-refractivity contribution in [2.45, 2.75) is 18.8 Å². The van der Waals surface area contributed by atoms with Crippen molar-refractivity contribution in [2.75, 3.05) is 18.4 Å². The van der Waals surface area contributed by atoms with E-state index in [2.05, 4.69) is 22.4 Å². The third kappa shape index (κ3) is 2.74. The summed E-state index contributed by atoms with van der Waals surface area (Å²) in [5.41, 5.74) is 8.60. The van der Waals surface area contributed by atoms with Crippen LogP contribution in [0.5, 0.6) is 0 Å². The van der Waals surface area contributed by atoms with Gasteiger partial charge < -0.3 is 11.1 Å². The van der Waals surface area contributed by atoms with Gasteiger partial charge in [0.1, 0.15) is 5.82 Å². The van der Waals surface area contributed by atoms with E-state index in [1.54, 1.807) is 0 Å². The summed E-state index contributed by atoms with van der Waals surface area (Å²) in [7, 11) is 0. The van der Waals surface area contributed by atoms with E-state index in [1.165, 1.54) is 12.8 Å². The Hall–Kier alpha value is -1.94. The molecule has 1 aromatic carbocycles. The SMILES string of the molecule is NCCNc1cnc(C2CC2)nc1-c1ccccc1. The van der Waals surface area contributed by atoms with Gasteiger partial charge >= 0.3 is 0 Å². The molecular weight excluding hydrogens is 236 g/mol. The van der Waals surface area contributed by atoms with Gasteiger partial charge in [0.15, 0.2) is 0 Å². The van der Waals surface area contributed by atoms with Gasteiger partial charge in [-0.25, -0.2) is 9.97 Å². The summed E-state index contributed by atoms with van der Waals surface area (Å²) < 4.78 is 0. The monoisotopic (exact) mass is 254 g/mol. The largest absolute Gasteiger partial charge is 0.381 e. The summed E-state index contributed by atoms with van der Waals surface area (Å²) in [6.45, 7) is 1.32. The smallest absolute Gasteiger partial charge is 0.132 e. The number of aromatic nitrogens is 2. The molecule has 0 bridgehead atoms. The van der Waals surface area contributed by atoms with Gasteiger partial charge in [-0.1, -0.05) is 30.3 Å². The van der Waals surface area contributed by atoms with Gasteiger partial charge in [-0.15, -0.1) is 0 Å². The number of nitrogens with two attached hydrogens (primary N) is 1. The normalized spacial score (nSPS) is 14.4. The van der Waals surface area contributed by atoms with E-state index >= 15 is 0 Å². The molecular formula is C15H18N4. The van der Waals surface area contributed by atoms with E-state index < -0.39 is 0 Å². The van der Waals surface area contributed by atoms with E-state index in [1.807, 2.05) is 24.4 Å². The zero-order chi connectivity index (χ0) is 13.1. The number of anilines is 1. The lowest BCUT2D eigenvalue weighted by molar-refractivity contribution is 0.925. The summed E-state index contributed by atoms with van der Waals surface area (Å²) in [6, 6.07) is 10.2. The van der Waals surface area contributed by atoms with Crippen LogP contribution in [0.25, 0.3) is 11.3 Å². The molecule has 0 atom stereocenters. The molecule has 0 radical (unpaired) electrons. The molecule has 0 saturated heterocycles.